The van der Waals surface area contributed by atoms with Gasteiger partial charge in [-0.05, 0) is 43.4 Å². The highest BCUT2D eigenvalue weighted by Gasteiger charge is 2.31. The van der Waals surface area contributed by atoms with E-state index in [-0.39, 0.29) is 25.7 Å². The van der Waals surface area contributed by atoms with Gasteiger partial charge >= 0.3 is 39.5 Å². The van der Waals surface area contributed by atoms with Gasteiger partial charge in [0.1, 0.15) is 19.3 Å². The number of phosphoric ester groups is 2. The zero-order valence-corrected chi connectivity index (χ0v) is 73.1. The SMILES string of the molecule is CCCCCCCCCCCCCCC(=O)OC[C@H](COP(=O)(O)OC[C@H](O)COP(=O)(O)OC[C@@H](COC(=O)CCCCCCCCCCCCCCCCCCC(C)C)OC(=O)CCCCCCCCCCCCCCCCCCCCC(C)CC)OC(=O)CCCCCCCCCCCCCCC(C)C. The van der Waals surface area contributed by atoms with Crippen molar-refractivity contribution in [1.29, 1.82) is 0 Å². The first-order valence-corrected chi connectivity index (χ1v) is 48.9. The Hall–Kier alpha value is -1.94. The van der Waals surface area contributed by atoms with Crippen molar-refractivity contribution in [2.24, 2.45) is 17.8 Å². The third-order valence-corrected chi connectivity index (χ3v) is 23.1. The molecule has 642 valence electrons. The van der Waals surface area contributed by atoms with Crippen molar-refractivity contribution in [3.8, 4) is 0 Å². The van der Waals surface area contributed by atoms with Gasteiger partial charge in [0.05, 0.1) is 26.4 Å². The summed E-state index contributed by atoms with van der Waals surface area (Å²) in [6.45, 7) is 12.1. The normalized spacial score (nSPS) is 14.1. The number of esters is 4. The van der Waals surface area contributed by atoms with Crippen LogP contribution in [0.4, 0.5) is 0 Å². The molecule has 6 atom stereocenters. The van der Waals surface area contributed by atoms with E-state index in [0.29, 0.717) is 25.7 Å². The minimum Gasteiger partial charge on any atom is -0.462 e. The van der Waals surface area contributed by atoms with E-state index in [0.717, 1.165) is 108 Å². The number of carbonyl (C=O) groups excluding carboxylic acids is 4. The molecule has 3 unspecified atom stereocenters. The van der Waals surface area contributed by atoms with E-state index in [2.05, 4.69) is 48.5 Å². The molecule has 0 aliphatic heterocycles. The number of hydrogen-bond donors (Lipinski definition) is 3. The van der Waals surface area contributed by atoms with Gasteiger partial charge in [-0.15, -0.1) is 0 Å². The molecule has 108 heavy (non-hydrogen) atoms. The average molecular weight is 1580 g/mol. The van der Waals surface area contributed by atoms with Crippen LogP contribution in [-0.2, 0) is 65.4 Å². The van der Waals surface area contributed by atoms with E-state index >= 15 is 0 Å². The van der Waals surface area contributed by atoms with Gasteiger partial charge in [0, 0.05) is 25.7 Å². The fraction of sp³-hybridized carbons (Fsp3) is 0.955. The van der Waals surface area contributed by atoms with E-state index < -0.39 is 97.5 Å². The Morgan fingerprint density at radius 1 is 0.269 bits per heavy atom. The van der Waals surface area contributed by atoms with Gasteiger partial charge in [-0.1, -0.05) is 421 Å². The first-order valence-electron chi connectivity index (χ1n) is 45.9. The van der Waals surface area contributed by atoms with Gasteiger partial charge in [0.25, 0.3) is 0 Å². The third-order valence-electron chi connectivity index (χ3n) is 21.2. The Bertz CT molecular complexity index is 2080. The van der Waals surface area contributed by atoms with Crippen molar-refractivity contribution >= 4 is 39.5 Å². The van der Waals surface area contributed by atoms with E-state index in [1.165, 1.54) is 283 Å². The Balaban J connectivity index is 5.25. The molecule has 0 aliphatic rings. The molecule has 0 aromatic carbocycles. The molecule has 0 saturated heterocycles. The topological polar surface area (TPSA) is 237 Å². The summed E-state index contributed by atoms with van der Waals surface area (Å²) in [7, 11) is -9.93. The van der Waals surface area contributed by atoms with Crippen LogP contribution in [0.25, 0.3) is 0 Å². The average Bonchev–Trinajstić information content (AvgIpc) is 0.900. The number of hydrogen-bond acceptors (Lipinski definition) is 15. The molecular formula is C89H174O17P2. The van der Waals surface area contributed by atoms with Crippen LogP contribution in [0.3, 0.4) is 0 Å². The van der Waals surface area contributed by atoms with Crippen LogP contribution in [0.1, 0.15) is 472 Å². The molecule has 0 spiro atoms. The van der Waals surface area contributed by atoms with E-state index in [4.69, 9.17) is 37.0 Å². The molecule has 0 radical (unpaired) electrons. The quantitative estimate of drug-likeness (QED) is 0.0222. The van der Waals surface area contributed by atoms with Crippen LogP contribution in [0.5, 0.6) is 0 Å². The Morgan fingerprint density at radius 2 is 0.472 bits per heavy atom. The van der Waals surface area contributed by atoms with Crippen molar-refractivity contribution in [2.75, 3.05) is 39.6 Å². The van der Waals surface area contributed by atoms with Crippen LogP contribution >= 0.6 is 15.6 Å². The molecule has 3 N–H and O–H groups in total. The minimum absolute atomic E-state index is 0.107. The maximum Gasteiger partial charge on any atom is 0.472 e. The molecule has 0 amide bonds. The number of rotatable bonds is 87. The molecule has 0 rings (SSSR count). The molecule has 19 heteroatoms. The van der Waals surface area contributed by atoms with Crippen molar-refractivity contribution < 1.29 is 80.2 Å². The van der Waals surface area contributed by atoms with Gasteiger partial charge < -0.3 is 33.8 Å². The lowest BCUT2D eigenvalue weighted by molar-refractivity contribution is -0.161. The van der Waals surface area contributed by atoms with E-state index in [1.807, 2.05) is 0 Å². The number of carbonyl (C=O) groups is 4. The monoisotopic (exact) mass is 1580 g/mol. The molecule has 0 bridgehead atoms. The first kappa shape index (κ1) is 106. The van der Waals surface area contributed by atoms with E-state index in [9.17, 15) is 43.2 Å². The Kier molecular flexibility index (Phi) is 77.5. The third kappa shape index (κ3) is 80.7. The summed E-state index contributed by atoms with van der Waals surface area (Å²) in [6, 6.07) is 0. The molecule has 0 aromatic rings. The smallest absolute Gasteiger partial charge is 0.462 e. The second-order valence-electron chi connectivity index (χ2n) is 33.2. The fourth-order valence-corrected chi connectivity index (χ4v) is 15.4. The second kappa shape index (κ2) is 78.9. The van der Waals surface area contributed by atoms with Crippen LogP contribution < -0.4 is 0 Å². The van der Waals surface area contributed by atoms with Gasteiger partial charge in [-0.2, -0.15) is 0 Å². The number of unbranched alkanes of at least 4 members (excludes halogenated alkanes) is 54. The summed E-state index contributed by atoms with van der Waals surface area (Å²) in [5, 5.41) is 10.7. The van der Waals surface area contributed by atoms with Gasteiger partial charge in [-0.3, -0.25) is 37.3 Å². The summed E-state index contributed by atoms with van der Waals surface area (Å²) in [6.07, 6.45) is 70.7. The summed E-state index contributed by atoms with van der Waals surface area (Å²) in [4.78, 5) is 73.3. The number of aliphatic hydroxyl groups is 1. The van der Waals surface area contributed by atoms with Crippen LogP contribution in [0, 0.1) is 17.8 Å². The predicted molar refractivity (Wildman–Crippen MR) is 446 cm³/mol. The van der Waals surface area contributed by atoms with Crippen molar-refractivity contribution in [3.63, 3.8) is 0 Å². The fourth-order valence-electron chi connectivity index (χ4n) is 13.9. The predicted octanol–water partition coefficient (Wildman–Crippen LogP) is 27.3. The standard InChI is InChI=1S/C89H174O17P2/c1-8-10-11-12-13-14-15-35-42-49-56-63-70-86(91)99-76-84(106-89(94)73-66-59-52-45-38-31-30-33-40-47-54-61-68-81(5)6)78-103-107(95,96)101-74-83(90)75-102-108(97,98)104-79-85(77-100-87(92)71-64-57-50-43-36-28-24-21-20-22-26-32-39-46-53-60-67-80(3)4)105-88(93)72-65-58-51-44-37-29-25-19-17-16-18-23-27-34-41-48-55-62-69-82(7)9-2/h80-85,90H,8-79H2,1-7H3,(H,95,96)(H,97,98)/t82?,83-,84+,85+/m0/s1. The zero-order valence-electron chi connectivity index (χ0n) is 71.3. The summed E-state index contributed by atoms with van der Waals surface area (Å²) in [5.41, 5.74) is 0. The minimum atomic E-state index is -4.97. The number of phosphoric acid groups is 2. The molecule has 0 heterocycles. The van der Waals surface area contributed by atoms with E-state index in [1.54, 1.807) is 0 Å². The highest BCUT2D eigenvalue weighted by atomic mass is 31.2. The summed E-state index contributed by atoms with van der Waals surface area (Å²) >= 11 is 0. The molecular weight excluding hydrogens is 1400 g/mol. The highest BCUT2D eigenvalue weighted by Crippen LogP contribution is 2.45. The van der Waals surface area contributed by atoms with Gasteiger partial charge in [0.15, 0.2) is 12.2 Å². The van der Waals surface area contributed by atoms with Crippen molar-refractivity contribution in [3.05, 3.63) is 0 Å². The maximum atomic E-state index is 13.2. The summed E-state index contributed by atoms with van der Waals surface area (Å²) < 4.78 is 69.0. The zero-order chi connectivity index (χ0) is 79.3. The Labute approximate surface area is 664 Å². The molecule has 0 fully saturated rings. The summed E-state index contributed by atoms with van der Waals surface area (Å²) in [5.74, 6) is 0.361. The maximum absolute atomic E-state index is 13.2. The number of aliphatic hydroxyl groups excluding tert-OH is 1. The lowest BCUT2D eigenvalue weighted by Gasteiger charge is -2.21. The lowest BCUT2D eigenvalue weighted by Crippen LogP contribution is -2.30. The second-order valence-corrected chi connectivity index (χ2v) is 36.1. The van der Waals surface area contributed by atoms with Gasteiger partial charge in [-0.25, -0.2) is 9.13 Å². The highest BCUT2D eigenvalue weighted by molar-refractivity contribution is 7.47. The molecule has 0 saturated carbocycles. The number of ether oxygens (including phenoxy) is 4. The Morgan fingerprint density at radius 3 is 0.704 bits per heavy atom. The molecule has 0 aromatic heterocycles. The molecule has 0 aliphatic carbocycles. The van der Waals surface area contributed by atoms with Crippen molar-refractivity contribution in [2.45, 2.75) is 491 Å². The van der Waals surface area contributed by atoms with Crippen molar-refractivity contribution in [1.82, 2.24) is 0 Å². The first-order chi connectivity index (χ1) is 52.3. The lowest BCUT2D eigenvalue weighted by atomic mass is 9.99. The van der Waals surface area contributed by atoms with Gasteiger partial charge in [0.2, 0.25) is 0 Å². The van der Waals surface area contributed by atoms with Crippen LogP contribution in [-0.4, -0.2) is 96.7 Å². The van der Waals surface area contributed by atoms with Crippen LogP contribution in [0.2, 0.25) is 0 Å². The molecule has 17 nitrogen and oxygen atoms in total. The van der Waals surface area contributed by atoms with Crippen LogP contribution in [0.15, 0.2) is 0 Å². The largest absolute Gasteiger partial charge is 0.472 e.